The third kappa shape index (κ3) is 3.53. The number of hydrogen-bond acceptors (Lipinski definition) is 3. The molecule has 0 aliphatic carbocycles. The number of nitrogens with zero attached hydrogens (tertiary/aromatic N) is 2. The van der Waals surface area contributed by atoms with Gasteiger partial charge < -0.3 is 14.9 Å². The van der Waals surface area contributed by atoms with Crippen LogP contribution in [0.5, 0.6) is 0 Å². The van der Waals surface area contributed by atoms with Crippen LogP contribution in [0.3, 0.4) is 0 Å². The molecule has 3 nitrogen and oxygen atoms in total. The third-order valence-electron chi connectivity index (χ3n) is 2.46. The molecule has 0 atom stereocenters. The van der Waals surface area contributed by atoms with Crippen LogP contribution in [0.25, 0.3) is 0 Å². The highest BCUT2D eigenvalue weighted by molar-refractivity contribution is 5.52. The minimum absolute atomic E-state index is 0.0997. The lowest BCUT2D eigenvalue weighted by molar-refractivity contribution is 0.282. The summed E-state index contributed by atoms with van der Waals surface area (Å²) in [6.07, 6.45) is 0. The number of aliphatic hydroxyl groups is 1. The molecule has 1 N–H and O–H groups in total. The molecule has 1 aromatic carbocycles. The van der Waals surface area contributed by atoms with Gasteiger partial charge in [0.25, 0.3) is 0 Å². The predicted molar refractivity (Wildman–Crippen MR) is 64.2 cm³/mol. The maximum Gasteiger partial charge on any atom is 0.0702 e. The first-order chi connectivity index (χ1) is 7.15. The van der Waals surface area contributed by atoms with Gasteiger partial charge in [0, 0.05) is 31.4 Å². The van der Waals surface area contributed by atoms with Crippen molar-refractivity contribution in [2.75, 3.05) is 39.1 Å². The molecular formula is C12H20N2O. The summed E-state index contributed by atoms with van der Waals surface area (Å²) >= 11 is 0. The Morgan fingerprint density at radius 3 is 2.33 bits per heavy atom. The van der Waals surface area contributed by atoms with Gasteiger partial charge in [-0.15, -0.1) is 0 Å². The zero-order valence-corrected chi connectivity index (χ0v) is 9.77. The summed E-state index contributed by atoms with van der Waals surface area (Å²) in [6, 6.07) is 7.96. The Hall–Kier alpha value is -1.06. The Morgan fingerprint density at radius 1 is 1.07 bits per heavy atom. The highest BCUT2D eigenvalue weighted by atomic mass is 16.3. The Bertz CT molecular complexity index is 299. The zero-order chi connectivity index (χ0) is 11.3. The molecule has 15 heavy (non-hydrogen) atoms. The van der Waals surface area contributed by atoms with Gasteiger partial charge in [0.2, 0.25) is 0 Å². The Labute approximate surface area is 91.9 Å². The molecule has 84 valence electrons. The number of para-hydroxylation sites is 1. The second-order valence-electron chi connectivity index (χ2n) is 4.01. The number of rotatable bonds is 5. The number of hydrogen-bond donors (Lipinski definition) is 1. The molecule has 0 aliphatic rings. The molecule has 0 spiro atoms. The molecule has 0 aliphatic heterocycles. The van der Waals surface area contributed by atoms with E-state index in [2.05, 4.69) is 30.9 Å². The van der Waals surface area contributed by atoms with Crippen LogP contribution in [-0.4, -0.2) is 44.2 Å². The maximum atomic E-state index is 9.21. The summed E-state index contributed by atoms with van der Waals surface area (Å²) in [7, 11) is 6.18. The van der Waals surface area contributed by atoms with Crippen molar-refractivity contribution in [3.63, 3.8) is 0 Å². The number of likely N-dealkylation sites (N-methyl/N-ethyl adjacent to an activating group) is 2. The predicted octanol–water partition coefficient (Wildman–Crippen LogP) is 1.18. The van der Waals surface area contributed by atoms with E-state index in [0.29, 0.717) is 0 Å². The van der Waals surface area contributed by atoms with E-state index in [1.807, 2.05) is 24.3 Å². The van der Waals surface area contributed by atoms with Crippen LogP contribution in [-0.2, 0) is 6.61 Å². The van der Waals surface area contributed by atoms with Gasteiger partial charge >= 0.3 is 0 Å². The number of benzene rings is 1. The second-order valence-corrected chi connectivity index (χ2v) is 4.01. The molecule has 0 unspecified atom stereocenters. The summed E-state index contributed by atoms with van der Waals surface area (Å²) < 4.78 is 0. The normalized spacial score (nSPS) is 10.7. The molecule has 0 aromatic heterocycles. The van der Waals surface area contributed by atoms with Crippen molar-refractivity contribution in [2.45, 2.75) is 6.61 Å². The highest BCUT2D eigenvalue weighted by Crippen LogP contribution is 2.18. The molecule has 0 saturated heterocycles. The van der Waals surface area contributed by atoms with Gasteiger partial charge in [-0.3, -0.25) is 0 Å². The molecule has 0 fully saturated rings. The molecule has 0 radical (unpaired) electrons. The fourth-order valence-corrected chi connectivity index (χ4v) is 1.49. The fraction of sp³-hybridized carbons (Fsp3) is 0.500. The van der Waals surface area contributed by atoms with E-state index in [1.165, 1.54) is 0 Å². The maximum absolute atomic E-state index is 9.21. The van der Waals surface area contributed by atoms with Crippen LogP contribution >= 0.6 is 0 Å². The van der Waals surface area contributed by atoms with E-state index >= 15 is 0 Å². The average Bonchev–Trinajstić information content (AvgIpc) is 2.25. The first kappa shape index (κ1) is 12.0. The SMILES string of the molecule is CN(C)CCN(C)c1ccccc1CO. The fourth-order valence-electron chi connectivity index (χ4n) is 1.49. The van der Waals surface area contributed by atoms with Crippen molar-refractivity contribution < 1.29 is 5.11 Å². The molecule has 0 amide bonds. The molecule has 3 heteroatoms. The summed E-state index contributed by atoms with van der Waals surface area (Å²) in [4.78, 5) is 4.32. The molecule has 1 aromatic rings. The van der Waals surface area contributed by atoms with Crippen molar-refractivity contribution in [1.29, 1.82) is 0 Å². The topological polar surface area (TPSA) is 26.7 Å². The van der Waals surface area contributed by atoms with Crippen LogP contribution in [0, 0.1) is 0 Å². The van der Waals surface area contributed by atoms with E-state index in [9.17, 15) is 5.11 Å². The molecule has 0 saturated carbocycles. The van der Waals surface area contributed by atoms with Crippen molar-refractivity contribution in [3.05, 3.63) is 29.8 Å². The first-order valence-electron chi connectivity index (χ1n) is 5.19. The van der Waals surface area contributed by atoms with Crippen molar-refractivity contribution in [1.82, 2.24) is 4.90 Å². The Balaban J connectivity index is 2.68. The van der Waals surface area contributed by atoms with Crippen LogP contribution < -0.4 is 4.90 Å². The van der Waals surface area contributed by atoms with Gasteiger partial charge in [0.05, 0.1) is 6.61 Å². The minimum atomic E-state index is 0.0997. The van der Waals surface area contributed by atoms with Crippen LogP contribution in [0.15, 0.2) is 24.3 Å². The van der Waals surface area contributed by atoms with E-state index in [-0.39, 0.29) is 6.61 Å². The summed E-state index contributed by atoms with van der Waals surface area (Å²) in [6.45, 7) is 2.07. The third-order valence-corrected chi connectivity index (χ3v) is 2.46. The van der Waals surface area contributed by atoms with Gasteiger partial charge in [-0.2, -0.15) is 0 Å². The number of anilines is 1. The number of aliphatic hydroxyl groups excluding tert-OH is 1. The lowest BCUT2D eigenvalue weighted by Gasteiger charge is -2.23. The lowest BCUT2D eigenvalue weighted by Crippen LogP contribution is -2.29. The largest absolute Gasteiger partial charge is 0.392 e. The Kier molecular flexibility index (Phi) is 4.59. The van der Waals surface area contributed by atoms with Crippen molar-refractivity contribution >= 4 is 5.69 Å². The van der Waals surface area contributed by atoms with E-state index in [4.69, 9.17) is 0 Å². The van der Waals surface area contributed by atoms with Crippen molar-refractivity contribution in [3.8, 4) is 0 Å². The quantitative estimate of drug-likeness (QED) is 0.787. The van der Waals surface area contributed by atoms with Gasteiger partial charge in [0.15, 0.2) is 0 Å². The van der Waals surface area contributed by atoms with Crippen LogP contribution in [0.2, 0.25) is 0 Å². The van der Waals surface area contributed by atoms with Gasteiger partial charge in [-0.05, 0) is 20.2 Å². The molecular weight excluding hydrogens is 188 g/mol. The molecule has 0 heterocycles. The van der Waals surface area contributed by atoms with Gasteiger partial charge in [-0.25, -0.2) is 0 Å². The second kappa shape index (κ2) is 5.73. The van der Waals surface area contributed by atoms with E-state index < -0.39 is 0 Å². The average molecular weight is 208 g/mol. The van der Waals surface area contributed by atoms with Gasteiger partial charge in [-0.1, -0.05) is 18.2 Å². The first-order valence-corrected chi connectivity index (χ1v) is 5.19. The summed E-state index contributed by atoms with van der Waals surface area (Å²) in [5.41, 5.74) is 2.10. The van der Waals surface area contributed by atoms with Crippen LogP contribution in [0.4, 0.5) is 5.69 Å². The van der Waals surface area contributed by atoms with Gasteiger partial charge in [0.1, 0.15) is 0 Å². The Morgan fingerprint density at radius 2 is 1.73 bits per heavy atom. The summed E-state index contributed by atoms with van der Waals surface area (Å²) in [5.74, 6) is 0. The van der Waals surface area contributed by atoms with E-state index in [0.717, 1.165) is 24.3 Å². The van der Waals surface area contributed by atoms with Crippen LogP contribution in [0.1, 0.15) is 5.56 Å². The minimum Gasteiger partial charge on any atom is -0.392 e. The standard InChI is InChI=1S/C12H20N2O/c1-13(2)8-9-14(3)12-7-5-4-6-11(12)10-15/h4-7,15H,8-10H2,1-3H3. The molecule has 1 rings (SSSR count). The van der Waals surface area contributed by atoms with E-state index in [1.54, 1.807) is 0 Å². The summed E-state index contributed by atoms with van der Waals surface area (Å²) in [5, 5.41) is 9.21. The highest BCUT2D eigenvalue weighted by Gasteiger charge is 2.05. The van der Waals surface area contributed by atoms with Crippen molar-refractivity contribution in [2.24, 2.45) is 0 Å². The molecule has 0 bridgehead atoms. The lowest BCUT2D eigenvalue weighted by atomic mass is 10.1. The zero-order valence-electron chi connectivity index (χ0n) is 9.77. The monoisotopic (exact) mass is 208 g/mol. The smallest absolute Gasteiger partial charge is 0.0702 e.